The highest BCUT2D eigenvalue weighted by atomic mass is 35.5. The Labute approximate surface area is 157 Å². The molecule has 0 spiro atoms. The van der Waals surface area contributed by atoms with Gasteiger partial charge in [-0.15, -0.1) is 0 Å². The second-order valence-corrected chi connectivity index (χ2v) is 6.37. The molecule has 0 aliphatic heterocycles. The van der Waals surface area contributed by atoms with Crippen LogP contribution in [0.2, 0.25) is 5.02 Å². The van der Waals surface area contributed by atoms with Crippen molar-refractivity contribution in [2.24, 2.45) is 0 Å². The average Bonchev–Trinajstić information content (AvgIpc) is 2.99. The van der Waals surface area contributed by atoms with E-state index in [1.54, 1.807) is 4.68 Å². The Morgan fingerprint density at radius 2 is 2.04 bits per heavy atom. The fourth-order valence-electron chi connectivity index (χ4n) is 2.82. The first kappa shape index (κ1) is 18.4. The largest absolute Gasteiger partial charge is 0.382 e. The molecule has 0 saturated heterocycles. The molecule has 3 aromatic rings. The molecule has 26 heavy (non-hydrogen) atoms. The quantitative estimate of drug-likeness (QED) is 0.611. The number of ether oxygens (including phenoxy) is 1. The van der Waals surface area contributed by atoms with Crippen LogP contribution in [0, 0.1) is 0 Å². The maximum absolute atomic E-state index is 12.3. The molecule has 1 aromatic heterocycles. The minimum absolute atomic E-state index is 0.0690. The first-order chi connectivity index (χ1) is 12.7. The van der Waals surface area contributed by atoms with Crippen LogP contribution >= 0.6 is 11.6 Å². The monoisotopic (exact) mass is 371 g/mol. The van der Waals surface area contributed by atoms with E-state index in [-0.39, 0.29) is 12.5 Å². The predicted octanol–water partition coefficient (Wildman–Crippen LogP) is 3.90. The molecular formula is C20H22ClN3O2. The van der Waals surface area contributed by atoms with E-state index >= 15 is 0 Å². The number of rotatable bonds is 8. The number of nitrogens with one attached hydrogen (secondary N) is 1. The highest BCUT2D eigenvalue weighted by molar-refractivity contribution is 6.31. The third-order valence-corrected chi connectivity index (χ3v) is 4.28. The normalized spacial score (nSPS) is 11.0. The summed E-state index contributed by atoms with van der Waals surface area (Å²) in [6.45, 7) is 4.06. The molecule has 1 heterocycles. The fourth-order valence-corrected chi connectivity index (χ4v) is 2.99. The van der Waals surface area contributed by atoms with Crippen LogP contribution in [-0.2, 0) is 16.1 Å². The summed E-state index contributed by atoms with van der Waals surface area (Å²) in [4.78, 5) is 12.3. The molecule has 0 unspecified atom stereocenters. The Balaban J connectivity index is 1.79. The zero-order chi connectivity index (χ0) is 18.4. The van der Waals surface area contributed by atoms with Gasteiger partial charge >= 0.3 is 0 Å². The number of fused-ring (bicyclic) bond motifs is 1. The Bertz CT molecular complexity index is 877. The van der Waals surface area contributed by atoms with Gasteiger partial charge in [-0.05, 0) is 31.5 Å². The van der Waals surface area contributed by atoms with E-state index in [0.29, 0.717) is 24.8 Å². The van der Waals surface area contributed by atoms with E-state index in [1.807, 2.05) is 55.5 Å². The topological polar surface area (TPSA) is 56.1 Å². The summed E-state index contributed by atoms with van der Waals surface area (Å²) in [7, 11) is 0. The molecule has 0 fully saturated rings. The van der Waals surface area contributed by atoms with Crippen LogP contribution in [0.4, 0.5) is 0 Å². The van der Waals surface area contributed by atoms with Crippen molar-refractivity contribution >= 4 is 28.4 Å². The second-order valence-electron chi connectivity index (χ2n) is 5.93. The van der Waals surface area contributed by atoms with Gasteiger partial charge in [0.25, 0.3) is 0 Å². The lowest BCUT2D eigenvalue weighted by molar-refractivity contribution is -0.121. The molecular weight excluding hydrogens is 350 g/mol. The van der Waals surface area contributed by atoms with Crippen molar-refractivity contribution in [1.29, 1.82) is 0 Å². The highest BCUT2D eigenvalue weighted by Gasteiger charge is 2.14. The smallest absolute Gasteiger partial charge is 0.241 e. The molecule has 3 rings (SSSR count). The number of carbonyl (C=O) groups is 1. The van der Waals surface area contributed by atoms with Crippen LogP contribution in [0.1, 0.15) is 13.3 Å². The van der Waals surface area contributed by atoms with Gasteiger partial charge in [0.2, 0.25) is 5.91 Å². The van der Waals surface area contributed by atoms with Gasteiger partial charge in [-0.25, -0.2) is 0 Å². The average molecular weight is 372 g/mol. The van der Waals surface area contributed by atoms with Gasteiger partial charge in [-0.2, -0.15) is 5.10 Å². The van der Waals surface area contributed by atoms with E-state index in [4.69, 9.17) is 16.3 Å². The van der Waals surface area contributed by atoms with Gasteiger partial charge < -0.3 is 10.1 Å². The van der Waals surface area contributed by atoms with Gasteiger partial charge in [0.05, 0.1) is 5.52 Å². The van der Waals surface area contributed by atoms with E-state index < -0.39 is 0 Å². The predicted molar refractivity (Wildman–Crippen MR) is 104 cm³/mol. The van der Waals surface area contributed by atoms with Crippen LogP contribution in [0.25, 0.3) is 22.2 Å². The number of carbonyl (C=O) groups excluding carboxylic acids is 1. The lowest BCUT2D eigenvalue weighted by Gasteiger charge is -2.06. The summed E-state index contributed by atoms with van der Waals surface area (Å²) in [5.74, 6) is -0.0690. The van der Waals surface area contributed by atoms with E-state index in [1.165, 1.54) is 0 Å². The lowest BCUT2D eigenvalue weighted by Crippen LogP contribution is -2.29. The van der Waals surface area contributed by atoms with Gasteiger partial charge in [-0.3, -0.25) is 9.48 Å². The van der Waals surface area contributed by atoms with Crippen molar-refractivity contribution in [3.05, 3.63) is 53.6 Å². The zero-order valence-electron chi connectivity index (χ0n) is 14.7. The number of halogens is 1. The SMILES string of the molecule is CCOCCCNC(=O)Cn1nc(-c2ccccc2)c2cc(Cl)ccc21. The molecule has 0 aliphatic rings. The number of benzene rings is 2. The van der Waals surface area contributed by atoms with Crippen molar-refractivity contribution in [3.8, 4) is 11.3 Å². The minimum atomic E-state index is -0.0690. The van der Waals surface area contributed by atoms with Crippen molar-refractivity contribution in [1.82, 2.24) is 15.1 Å². The van der Waals surface area contributed by atoms with E-state index in [0.717, 1.165) is 28.6 Å². The van der Waals surface area contributed by atoms with Gasteiger partial charge in [0.15, 0.2) is 0 Å². The van der Waals surface area contributed by atoms with Gasteiger partial charge in [0.1, 0.15) is 12.2 Å². The summed E-state index contributed by atoms with van der Waals surface area (Å²) >= 11 is 6.18. The Kier molecular flexibility index (Phi) is 6.26. The molecule has 1 amide bonds. The summed E-state index contributed by atoms with van der Waals surface area (Å²) in [5, 5.41) is 9.17. The molecule has 0 atom stereocenters. The highest BCUT2D eigenvalue weighted by Crippen LogP contribution is 2.30. The van der Waals surface area contributed by atoms with Crippen LogP contribution in [-0.4, -0.2) is 35.4 Å². The van der Waals surface area contributed by atoms with Crippen LogP contribution in [0.5, 0.6) is 0 Å². The molecule has 0 bridgehead atoms. The number of nitrogens with zero attached hydrogens (tertiary/aromatic N) is 2. The van der Waals surface area contributed by atoms with Gasteiger partial charge in [-0.1, -0.05) is 41.9 Å². The molecule has 6 heteroatoms. The van der Waals surface area contributed by atoms with Crippen molar-refractivity contribution in [3.63, 3.8) is 0 Å². The fraction of sp³-hybridized carbons (Fsp3) is 0.300. The Morgan fingerprint density at radius 1 is 1.23 bits per heavy atom. The molecule has 2 aromatic carbocycles. The molecule has 1 N–H and O–H groups in total. The standard InChI is InChI=1S/C20H22ClN3O2/c1-2-26-12-6-11-22-19(25)14-24-18-10-9-16(21)13-17(18)20(23-24)15-7-4-3-5-8-15/h3-5,7-10,13H,2,6,11-12,14H2,1H3,(H,22,25). The molecule has 0 saturated carbocycles. The van der Waals surface area contributed by atoms with Crippen LogP contribution in [0.15, 0.2) is 48.5 Å². The Hall–Kier alpha value is -2.37. The van der Waals surface area contributed by atoms with E-state index in [2.05, 4.69) is 10.4 Å². The molecule has 5 nitrogen and oxygen atoms in total. The number of aromatic nitrogens is 2. The lowest BCUT2D eigenvalue weighted by atomic mass is 10.1. The molecule has 0 aliphatic carbocycles. The number of hydrogen-bond donors (Lipinski definition) is 1. The summed E-state index contributed by atoms with van der Waals surface area (Å²) in [6.07, 6.45) is 0.796. The minimum Gasteiger partial charge on any atom is -0.382 e. The number of hydrogen-bond acceptors (Lipinski definition) is 3. The summed E-state index contributed by atoms with van der Waals surface area (Å²) in [5.41, 5.74) is 2.71. The van der Waals surface area contributed by atoms with Crippen molar-refractivity contribution < 1.29 is 9.53 Å². The zero-order valence-corrected chi connectivity index (χ0v) is 15.5. The summed E-state index contributed by atoms with van der Waals surface area (Å²) in [6, 6.07) is 15.5. The third kappa shape index (κ3) is 4.42. The number of amides is 1. The maximum atomic E-state index is 12.3. The maximum Gasteiger partial charge on any atom is 0.241 e. The van der Waals surface area contributed by atoms with Crippen LogP contribution < -0.4 is 5.32 Å². The van der Waals surface area contributed by atoms with E-state index in [9.17, 15) is 4.79 Å². The van der Waals surface area contributed by atoms with Gasteiger partial charge in [0, 0.05) is 35.7 Å². The molecule has 136 valence electrons. The Morgan fingerprint density at radius 3 is 2.81 bits per heavy atom. The van der Waals surface area contributed by atoms with Crippen molar-refractivity contribution in [2.75, 3.05) is 19.8 Å². The summed E-state index contributed by atoms with van der Waals surface area (Å²) < 4.78 is 7.00. The second kappa shape index (κ2) is 8.83. The van der Waals surface area contributed by atoms with Crippen molar-refractivity contribution in [2.45, 2.75) is 19.9 Å². The molecule has 0 radical (unpaired) electrons. The first-order valence-corrected chi connectivity index (χ1v) is 9.12. The van der Waals surface area contributed by atoms with Crippen LogP contribution in [0.3, 0.4) is 0 Å². The first-order valence-electron chi connectivity index (χ1n) is 8.75. The third-order valence-electron chi connectivity index (χ3n) is 4.04.